The van der Waals surface area contributed by atoms with Crippen LogP contribution in [0, 0.1) is 0 Å². The van der Waals surface area contributed by atoms with Crippen LogP contribution in [0.5, 0.6) is 5.75 Å². The van der Waals surface area contributed by atoms with Crippen molar-refractivity contribution in [2.45, 2.75) is 26.7 Å². The third-order valence-electron chi connectivity index (χ3n) is 5.14. The predicted molar refractivity (Wildman–Crippen MR) is 107 cm³/mol. The van der Waals surface area contributed by atoms with Crippen LogP contribution in [0.3, 0.4) is 0 Å². The maximum Gasteiger partial charge on any atom is 0.145 e. The van der Waals surface area contributed by atoms with Crippen LogP contribution in [0.15, 0.2) is 42.5 Å². The Morgan fingerprint density at radius 1 is 0.920 bits per heavy atom. The van der Waals surface area contributed by atoms with Gasteiger partial charge in [-0.2, -0.15) is 0 Å². The molecule has 25 heavy (non-hydrogen) atoms. The molecule has 0 aliphatic carbocycles. The molecule has 0 atom stereocenters. The van der Waals surface area contributed by atoms with Crippen molar-refractivity contribution in [3.05, 3.63) is 48.0 Å². The summed E-state index contributed by atoms with van der Waals surface area (Å²) in [6, 6.07) is 15.3. The molecular formula is C22H30N2O. The molecule has 1 saturated heterocycles. The molecule has 3 nitrogen and oxygen atoms in total. The third kappa shape index (κ3) is 3.98. The Labute approximate surface area is 152 Å². The van der Waals surface area contributed by atoms with E-state index in [1.165, 1.54) is 22.4 Å². The number of nitrogens with zero attached hydrogens (tertiary/aromatic N) is 2. The van der Waals surface area contributed by atoms with Crippen LogP contribution >= 0.6 is 0 Å². The highest BCUT2D eigenvalue weighted by Gasteiger charge is 2.21. The lowest BCUT2D eigenvalue weighted by molar-refractivity contribution is 0.270. The zero-order chi connectivity index (χ0) is 17.6. The summed E-state index contributed by atoms with van der Waals surface area (Å²) in [6.07, 6.45) is 2.17. The van der Waals surface area contributed by atoms with E-state index in [4.69, 9.17) is 4.74 Å². The Bertz CT molecular complexity index is 676. The number of anilines is 1. The van der Waals surface area contributed by atoms with Crippen molar-refractivity contribution < 1.29 is 4.74 Å². The second-order valence-corrected chi connectivity index (χ2v) is 6.73. The maximum absolute atomic E-state index is 5.87. The molecule has 0 spiro atoms. The molecule has 0 bridgehead atoms. The van der Waals surface area contributed by atoms with E-state index in [-0.39, 0.29) is 0 Å². The van der Waals surface area contributed by atoms with Gasteiger partial charge in [-0.15, -0.1) is 0 Å². The van der Waals surface area contributed by atoms with E-state index >= 15 is 0 Å². The first kappa shape index (κ1) is 17.8. The highest BCUT2D eigenvalue weighted by atomic mass is 16.5. The summed E-state index contributed by atoms with van der Waals surface area (Å²) in [4.78, 5) is 5.01. The van der Waals surface area contributed by atoms with Crippen molar-refractivity contribution >= 4 is 5.69 Å². The lowest BCUT2D eigenvalue weighted by Gasteiger charge is -2.36. The zero-order valence-corrected chi connectivity index (χ0v) is 15.8. The zero-order valence-electron chi connectivity index (χ0n) is 15.8. The Kier molecular flexibility index (Phi) is 5.98. The number of benzene rings is 2. The lowest BCUT2D eigenvalue weighted by atomic mass is 9.98. The van der Waals surface area contributed by atoms with Gasteiger partial charge in [0.1, 0.15) is 5.75 Å². The van der Waals surface area contributed by atoms with Crippen molar-refractivity contribution in [2.24, 2.45) is 0 Å². The number of likely N-dealkylation sites (N-methyl/N-ethyl adjacent to an activating group) is 1. The van der Waals surface area contributed by atoms with Crippen molar-refractivity contribution in [2.75, 3.05) is 44.7 Å². The van der Waals surface area contributed by atoms with E-state index in [0.717, 1.165) is 51.3 Å². The van der Waals surface area contributed by atoms with Gasteiger partial charge in [0.05, 0.1) is 12.8 Å². The molecule has 1 fully saturated rings. The molecule has 134 valence electrons. The molecule has 1 heterocycles. The van der Waals surface area contributed by atoms with Gasteiger partial charge in [0.25, 0.3) is 0 Å². The molecule has 0 unspecified atom stereocenters. The number of hydrogen-bond acceptors (Lipinski definition) is 3. The Morgan fingerprint density at radius 2 is 1.64 bits per heavy atom. The fourth-order valence-electron chi connectivity index (χ4n) is 3.70. The molecule has 2 aromatic carbocycles. The van der Waals surface area contributed by atoms with Crippen LogP contribution in [-0.4, -0.2) is 44.7 Å². The van der Waals surface area contributed by atoms with E-state index in [9.17, 15) is 0 Å². The smallest absolute Gasteiger partial charge is 0.145 e. The SMILES string of the molecule is CCCc1cc(-c2ccccc2)cc(N2CCN(CC)CC2)c1OC. The van der Waals surface area contributed by atoms with Gasteiger partial charge >= 0.3 is 0 Å². The molecule has 3 rings (SSSR count). The number of hydrogen-bond donors (Lipinski definition) is 0. The summed E-state index contributed by atoms with van der Waals surface area (Å²) in [5.41, 5.74) is 5.14. The summed E-state index contributed by atoms with van der Waals surface area (Å²) in [6.45, 7) is 9.98. The average molecular weight is 338 g/mol. The van der Waals surface area contributed by atoms with Gasteiger partial charge < -0.3 is 14.5 Å². The van der Waals surface area contributed by atoms with Crippen LogP contribution in [0.4, 0.5) is 5.69 Å². The largest absolute Gasteiger partial charge is 0.494 e. The van der Waals surface area contributed by atoms with Gasteiger partial charge in [0, 0.05) is 26.2 Å². The second-order valence-electron chi connectivity index (χ2n) is 6.73. The van der Waals surface area contributed by atoms with Crippen LogP contribution in [0.25, 0.3) is 11.1 Å². The normalized spacial score (nSPS) is 15.4. The second kappa shape index (κ2) is 8.39. The number of methoxy groups -OCH3 is 1. The maximum atomic E-state index is 5.87. The fraction of sp³-hybridized carbons (Fsp3) is 0.455. The molecule has 0 amide bonds. The van der Waals surface area contributed by atoms with E-state index in [2.05, 4.69) is 66.1 Å². The van der Waals surface area contributed by atoms with E-state index in [0.29, 0.717) is 0 Å². The van der Waals surface area contributed by atoms with E-state index in [1.54, 1.807) is 0 Å². The van der Waals surface area contributed by atoms with Crippen LogP contribution < -0.4 is 9.64 Å². The Morgan fingerprint density at radius 3 is 2.24 bits per heavy atom. The van der Waals surface area contributed by atoms with Gasteiger partial charge in [-0.1, -0.05) is 50.6 Å². The van der Waals surface area contributed by atoms with Crippen LogP contribution in [0.2, 0.25) is 0 Å². The number of rotatable bonds is 6. The van der Waals surface area contributed by atoms with Crippen LogP contribution in [0.1, 0.15) is 25.8 Å². The van der Waals surface area contributed by atoms with Gasteiger partial charge in [0.2, 0.25) is 0 Å². The van der Waals surface area contributed by atoms with Gasteiger partial charge in [-0.05, 0) is 41.8 Å². The molecule has 2 aromatic rings. The van der Waals surface area contributed by atoms with Gasteiger partial charge in [0.15, 0.2) is 0 Å². The van der Waals surface area contributed by atoms with Gasteiger partial charge in [-0.3, -0.25) is 0 Å². The average Bonchev–Trinajstić information content (AvgIpc) is 2.68. The number of piperazine rings is 1. The highest BCUT2D eigenvalue weighted by Crippen LogP contribution is 2.38. The minimum Gasteiger partial charge on any atom is -0.494 e. The number of ether oxygens (including phenoxy) is 1. The molecule has 0 saturated carbocycles. The quantitative estimate of drug-likeness (QED) is 0.773. The highest BCUT2D eigenvalue weighted by molar-refractivity contribution is 5.75. The number of aryl methyl sites for hydroxylation is 1. The molecule has 3 heteroatoms. The molecule has 0 aromatic heterocycles. The van der Waals surface area contributed by atoms with Crippen molar-refractivity contribution in [1.82, 2.24) is 4.90 Å². The minimum absolute atomic E-state index is 1.05. The molecule has 0 N–H and O–H groups in total. The standard InChI is InChI=1S/C22H30N2O/c1-4-9-19-16-20(18-10-7-6-8-11-18)17-21(22(19)25-3)24-14-12-23(5-2)13-15-24/h6-8,10-11,16-17H,4-5,9,12-15H2,1-3H3. The van der Waals surface area contributed by atoms with Crippen molar-refractivity contribution in [3.8, 4) is 16.9 Å². The summed E-state index contributed by atoms with van der Waals surface area (Å²) in [7, 11) is 1.81. The monoisotopic (exact) mass is 338 g/mol. The molecular weight excluding hydrogens is 308 g/mol. The van der Waals surface area contributed by atoms with Crippen molar-refractivity contribution in [1.29, 1.82) is 0 Å². The van der Waals surface area contributed by atoms with Gasteiger partial charge in [-0.25, -0.2) is 0 Å². The first-order chi connectivity index (χ1) is 12.3. The van der Waals surface area contributed by atoms with Crippen LogP contribution in [-0.2, 0) is 6.42 Å². The summed E-state index contributed by atoms with van der Waals surface area (Å²) in [5, 5.41) is 0. The first-order valence-electron chi connectivity index (χ1n) is 9.50. The third-order valence-corrected chi connectivity index (χ3v) is 5.14. The summed E-state index contributed by atoms with van der Waals surface area (Å²) in [5.74, 6) is 1.06. The topological polar surface area (TPSA) is 15.7 Å². The predicted octanol–water partition coefficient (Wildman–Crippen LogP) is 4.46. The van der Waals surface area contributed by atoms with E-state index in [1.807, 2.05) is 7.11 Å². The van der Waals surface area contributed by atoms with Crippen molar-refractivity contribution in [3.63, 3.8) is 0 Å². The molecule has 1 aliphatic rings. The fourth-order valence-corrected chi connectivity index (χ4v) is 3.70. The first-order valence-corrected chi connectivity index (χ1v) is 9.50. The Balaban J connectivity index is 2.01. The summed E-state index contributed by atoms with van der Waals surface area (Å²) < 4.78 is 5.87. The minimum atomic E-state index is 1.05. The molecule has 1 aliphatic heterocycles. The lowest BCUT2D eigenvalue weighted by Crippen LogP contribution is -2.46. The summed E-state index contributed by atoms with van der Waals surface area (Å²) >= 11 is 0. The van der Waals surface area contributed by atoms with E-state index < -0.39 is 0 Å². The Hall–Kier alpha value is -2.00. The molecule has 0 radical (unpaired) electrons.